The number of rotatable bonds is 7. The number of alkyl halides is 3. The van der Waals surface area contributed by atoms with E-state index in [1.807, 2.05) is 23.1 Å². The molecule has 0 aromatic heterocycles. The minimum atomic E-state index is -4.33. The highest BCUT2D eigenvalue weighted by molar-refractivity contribution is 5.91. The van der Waals surface area contributed by atoms with Gasteiger partial charge in [0, 0.05) is 44.5 Å². The number of carbonyl (C=O) groups excluding carboxylic acids is 1. The molecule has 2 aromatic carbocycles. The molecule has 0 aliphatic carbocycles. The van der Waals surface area contributed by atoms with Crippen molar-refractivity contribution in [2.45, 2.75) is 12.6 Å². The molecule has 2 aliphatic rings. The second-order valence-electron chi connectivity index (χ2n) is 7.97. The number of amides is 1. The van der Waals surface area contributed by atoms with Crippen molar-refractivity contribution in [1.82, 2.24) is 10.2 Å². The van der Waals surface area contributed by atoms with E-state index in [0.717, 1.165) is 37.7 Å². The van der Waals surface area contributed by atoms with E-state index in [1.54, 1.807) is 12.1 Å². The molecule has 1 N–H and O–H groups in total. The lowest BCUT2D eigenvalue weighted by Crippen LogP contribution is -2.47. The first-order valence-electron chi connectivity index (χ1n) is 10.9. The Labute approximate surface area is 190 Å². The van der Waals surface area contributed by atoms with Crippen molar-refractivity contribution in [3.05, 3.63) is 59.7 Å². The normalized spacial score (nSPS) is 16.4. The van der Waals surface area contributed by atoms with Crippen molar-refractivity contribution in [1.29, 1.82) is 0 Å². The Bertz CT molecular complexity index is 1000. The summed E-state index contributed by atoms with van der Waals surface area (Å²) in [6, 6.07) is 11.0. The number of anilines is 1. The van der Waals surface area contributed by atoms with Crippen LogP contribution in [0.25, 0.3) is 6.08 Å². The van der Waals surface area contributed by atoms with Crippen LogP contribution in [-0.2, 0) is 11.0 Å². The Morgan fingerprint density at radius 2 is 1.82 bits per heavy atom. The molecule has 33 heavy (non-hydrogen) atoms. The fraction of sp³-hybridized carbons (Fsp3) is 0.375. The van der Waals surface area contributed by atoms with E-state index < -0.39 is 11.7 Å². The summed E-state index contributed by atoms with van der Waals surface area (Å²) in [5.41, 5.74) is 0.838. The molecule has 9 heteroatoms. The lowest BCUT2D eigenvalue weighted by Gasteiger charge is -2.36. The van der Waals surface area contributed by atoms with Gasteiger partial charge in [0.05, 0.1) is 5.56 Å². The molecule has 1 fully saturated rings. The maximum absolute atomic E-state index is 12.9. The average molecular weight is 461 g/mol. The number of halogens is 3. The third-order valence-electron chi connectivity index (χ3n) is 5.69. The van der Waals surface area contributed by atoms with E-state index in [0.29, 0.717) is 36.8 Å². The van der Waals surface area contributed by atoms with Gasteiger partial charge in [-0.15, -0.1) is 0 Å². The molecular weight excluding hydrogens is 435 g/mol. The van der Waals surface area contributed by atoms with E-state index >= 15 is 0 Å². The fourth-order valence-electron chi connectivity index (χ4n) is 3.87. The molecule has 0 saturated carbocycles. The molecule has 2 aromatic rings. The summed E-state index contributed by atoms with van der Waals surface area (Å²) in [4.78, 5) is 16.3. The van der Waals surface area contributed by atoms with Gasteiger partial charge in [-0.3, -0.25) is 9.69 Å². The van der Waals surface area contributed by atoms with E-state index in [2.05, 4.69) is 10.2 Å². The molecule has 4 rings (SSSR count). The number of fused-ring (bicyclic) bond motifs is 1. The monoisotopic (exact) mass is 461 g/mol. The van der Waals surface area contributed by atoms with Crippen molar-refractivity contribution >= 4 is 17.7 Å². The summed E-state index contributed by atoms with van der Waals surface area (Å²) in [7, 11) is 0. The number of nitrogens with one attached hydrogen (secondary N) is 1. The quantitative estimate of drug-likeness (QED) is 0.503. The molecule has 0 spiro atoms. The van der Waals surface area contributed by atoms with Crippen LogP contribution in [0.4, 0.5) is 18.9 Å². The number of hydrogen-bond acceptors (Lipinski definition) is 5. The van der Waals surface area contributed by atoms with Crippen LogP contribution in [0.5, 0.6) is 11.5 Å². The molecule has 2 heterocycles. The Morgan fingerprint density at radius 1 is 1.03 bits per heavy atom. The Kier molecular flexibility index (Phi) is 7.08. The summed E-state index contributed by atoms with van der Waals surface area (Å²) in [6.07, 6.45) is -0.315. The molecule has 6 nitrogen and oxygen atoms in total. The van der Waals surface area contributed by atoms with E-state index in [1.165, 1.54) is 18.2 Å². The first-order chi connectivity index (χ1) is 15.9. The minimum Gasteiger partial charge on any atom is -0.454 e. The van der Waals surface area contributed by atoms with Crippen molar-refractivity contribution in [2.75, 3.05) is 51.0 Å². The zero-order chi connectivity index (χ0) is 23.3. The van der Waals surface area contributed by atoms with Crippen LogP contribution < -0.4 is 19.7 Å². The number of benzene rings is 2. The van der Waals surface area contributed by atoms with Crippen LogP contribution in [0.2, 0.25) is 0 Å². The first kappa shape index (κ1) is 23.0. The molecule has 0 unspecified atom stereocenters. The SMILES string of the molecule is O=C(/C=C/c1ccc2c(c1)OCO2)NCCCN1CCN(c2cccc(C(F)(F)F)c2)CC1. The van der Waals surface area contributed by atoms with Gasteiger partial charge >= 0.3 is 6.18 Å². The van der Waals surface area contributed by atoms with Gasteiger partial charge < -0.3 is 19.7 Å². The zero-order valence-corrected chi connectivity index (χ0v) is 18.1. The van der Waals surface area contributed by atoms with Crippen molar-refractivity contribution in [3.63, 3.8) is 0 Å². The molecule has 2 aliphatic heterocycles. The van der Waals surface area contributed by atoms with Gasteiger partial charge in [-0.05, 0) is 54.9 Å². The molecular formula is C24H26F3N3O3. The van der Waals surface area contributed by atoms with Crippen molar-refractivity contribution in [3.8, 4) is 11.5 Å². The smallest absolute Gasteiger partial charge is 0.416 e. The summed E-state index contributed by atoms with van der Waals surface area (Å²) in [5.74, 6) is 1.21. The van der Waals surface area contributed by atoms with E-state index in [9.17, 15) is 18.0 Å². The second-order valence-corrected chi connectivity index (χ2v) is 7.97. The predicted molar refractivity (Wildman–Crippen MR) is 119 cm³/mol. The second kappa shape index (κ2) is 10.2. The molecule has 0 bridgehead atoms. The van der Waals surface area contributed by atoms with Crippen molar-refractivity contribution in [2.24, 2.45) is 0 Å². The lowest BCUT2D eigenvalue weighted by molar-refractivity contribution is -0.137. The molecule has 0 atom stereocenters. The summed E-state index contributed by atoms with van der Waals surface area (Å²) in [6.45, 7) is 4.48. The van der Waals surface area contributed by atoms with Crippen LogP contribution in [0.1, 0.15) is 17.5 Å². The first-order valence-corrected chi connectivity index (χ1v) is 10.9. The van der Waals surface area contributed by atoms with Crippen LogP contribution in [0.3, 0.4) is 0 Å². The van der Waals surface area contributed by atoms with Gasteiger partial charge in [-0.2, -0.15) is 13.2 Å². The fourth-order valence-corrected chi connectivity index (χ4v) is 3.87. The van der Waals surface area contributed by atoms with Gasteiger partial charge in [0.2, 0.25) is 12.7 Å². The highest BCUT2D eigenvalue weighted by atomic mass is 19.4. The third-order valence-corrected chi connectivity index (χ3v) is 5.69. The van der Waals surface area contributed by atoms with Gasteiger partial charge in [0.25, 0.3) is 0 Å². The Balaban J connectivity index is 1.15. The zero-order valence-electron chi connectivity index (χ0n) is 18.1. The minimum absolute atomic E-state index is 0.165. The maximum atomic E-state index is 12.9. The lowest BCUT2D eigenvalue weighted by atomic mass is 10.1. The van der Waals surface area contributed by atoms with Crippen LogP contribution >= 0.6 is 0 Å². The molecule has 0 radical (unpaired) electrons. The topological polar surface area (TPSA) is 54.0 Å². The molecule has 1 amide bonds. The van der Waals surface area contributed by atoms with Crippen LogP contribution in [0.15, 0.2) is 48.5 Å². The number of ether oxygens (including phenoxy) is 2. The third kappa shape index (κ3) is 6.19. The van der Waals surface area contributed by atoms with Gasteiger partial charge in [-0.1, -0.05) is 12.1 Å². The van der Waals surface area contributed by atoms with E-state index in [-0.39, 0.29) is 12.7 Å². The number of nitrogens with zero attached hydrogens (tertiary/aromatic N) is 2. The number of piperazine rings is 1. The summed E-state index contributed by atoms with van der Waals surface area (Å²) < 4.78 is 49.4. The van der Waals surface area contributed by atoms with Crippen LogP contribution in [0, 0.1) is 0 Å². The van der Waals surface area contributed by atoms with Crippen molar-refractivity contribution < 1.29 is 27.4 Å². The maximum Gasteiger partial charge on any atom is 0.416 e. The van der Waals surface area contributed by atoms with E-state index in [4.69, 9.17) is 9.47 Å². The number of carbonyl (C=O) groups is 1. The number of hydrogen-bond donors (Lipinski definition) is 1. The predicted octanol–water partition coefficient (Wildman–Crippen LogP) is 3.78. The van der Waals surface area contributed by atoms with Crippen LogP contribution in [-0.4, -0.2) is 56.9 Å². The summed E-state index contributed by atoms with van der Waals surface area (Å²) in [5, 5.41) is 2.87. The molecule has 176 valence electrons. The Morgan fingerprint density at radius 3 is 2.61 bits per heavy atom. The average Bonchev–Trinajstić information content (AvgIpc) is 3.28. The molecule has 1 saturated heterocycles. The largest absolute Gasteiger partial charge is 0.454 e. The Hall–Kier alpha value is -3.20. The van der Waals surface area contributed by atoms with Gasteiger partial charge in [0.15, 0.2) is 11.5 Å². The van der Waals surface area contributed by atoms with Gasteiger partial charge in [-0.25, -0.2) is 0 Å². The van der Waals surface area contributed by atoms with Gasteiger partial charge in [0.1, 0.15) is 0 Å². The standard InChI is InChI=1S/C24H26F3N3O3/c25-24(26,27)19-3-1-4-20(16-19)30-13-11-29(12-14-30)10-2-9-28-23(31)8-6-18-5-7-21-22(15-18)33-17-32-21/h1,3-8,15-16H,2,9-14,17H2,(H,28,31)/b8-6+. The highest BCUT2D eigenvalue weighted by Gasteiger charge is 2.31. The highest BCUT2D eigenvalue weighted by Crippen LogP contribution is 2.33. The summed E-state index contributed by atoms with van der Waals surface area (Å²) >= 11 is 0.